The van der Waals surface area contributed by atoms with Gasteiger partial charge in [0.15, 0.2) is 0 Å². The van der Waals surface area contributed by atoms with Gasteiger partial charge in [0.1, 0.15) is 16.7 Å². The van der Waals surface area contributed by atoms with Gasteiger partial charge >= 0.3 is 0 Å². The normalized spacial score (nSPS) is 14.1. The maximum absolute atomic E-state index is 13.1. The summed E-state index contributed by atoms with van der Waals surface area (Å²) >= 11 is 6.11. The molecule has 1 fully saturated rings. The number of carbonyl (C=O) groups excluding carboxylic acids is 1. The molecule has 0 unspecified atom stereocenters. The second-order valence-corrected chi connectivity index (χ2v) is 8.75. The van der Waals surface area contributed by atoms with E-state index in [9.17, 15) is 20.2 Å². The van der Waals surface area contributed by atoms with Gasteiger partial charge in [-0.05, 0) is 55.8 Å². The molecule has 8 nitrogen and oxygen atoms in total. The van der Waals surface area contributed by atoms with E-state index in [2.05, 4.69) is 11.0 Å². The first-order chi connectivity index (χ1) is 16.8. The molecule has 1 aromatic heterocycles. The third-order valence-electron chi connectivity index (χ3n) is 6.20. The molecule has 178 valence electrons. The minimum atomic E-state index is -0.528. The van der Waals surface area contributed by atoms with Gasteiger partial charge in [-0.25, -0.2) is 0 Å². The van der Waals surface area contributed by atoms with E-state index in [0.717, 1.165) is 22.6 Å². The first-order valence-corrected chi connectivity index (χ1v) is 11.5. The lowest BCUT2D eigenvalue weighted by Gasteiger charge is -2.36. The van der Waals surface area contributed by atoms with Crippen LogP contribution in [0.4, 0.5) is 11.4 Å². The molecular weight excluding hydrogens is 466 g/mol. The number of hydrogen-bond acceptors (Lipinski definition) is 5. The number of aryl methyl sites for hydroxylation is 1. The molecule has 1 aliphatic rings. The molecule has 0 bridgehead atoms. The number of nitro groups is 1. The molecule has 9 heteroatoms. The van der Waals surface area contributed by atoms with E-state index in [0.29, 0.717) is 31.9 Å². The number of benzene rings is 2. The van der Waals surface area contributed by atoms with E-state index < -0.39 is 4.92 Å². The Morgan fingerprint density at radius 3 is 2.34 bits per heavy atom. The SMILES string of the molecule is Cc1cc(/C=C(/C#N)C(=O)N2CCN(c3ccccc3)CC2)c(C)n1-c1ccc([N+](=O)[O-])c(Cl)c1. The van der Waals surface area contributed by atoms with Crippen LogP contribution in [0.3, 0.4) is 0 Å². The second-order valence-electron chi connectivity index (χ2n) is 8.34. The molecular formula is C26H24ClN5O3. The van der Waals surface area contributed by atoms with Crippen molar-refractivity contribution >= 4 is 35.0 Å². The summed E-state index contributed by atoms with van der Waals surface area (Å²) in [5.41, 5.74) is 4.06. The van der Waals surface area contributed by atoms with Gasteiger partial charge in [-0.3, -0.25) is 14.9 Å². The average Bonchev–Trinajstić information content (AvgIpc) is 3.14. The molecule has 35 heavy (non-hydrogen) atoms. The third kappa shape index (κ3) is 4.91. The van der Waals surface area contributed by atoms with E-state index in [4.69, 9.17) is 11.6 Å². The number of nitrogens with zero attached hydrogens (tertiary/aromatic N) is 5. The molecule has 1 amide bonds. The molecule has 1 saturated heterocycles. The zero-order valence-corrected chi connectivity index (χ0v) is 20.2. The van der Waals surface area contributed by atoms with E-state index >= 15 is 0 Å². The Bertz CT molecular complexity index is 1350. The number of rotatable bonds is 5. The molecule has 0 spiro atoms. The average molecular weight is 490 g/mol. The second kappa shape index (κ2) is 10.0. The van der Waals surface area contributed by atoms with Gasteiger partial charge in [-0.2, -0.15) is 5.26 Å². The fourth-order valence-electron chi connectivity index (χ4n) is 4.39. The Labute approximate surface area is 208 Å². The maximum atomic E-state index is 13.1. The van der Waals surface area contributed by atoms with Crippen LogP contribution in [-0.2, 0) is 4.79 Å². The molecule has 0 atom stereocenters. The molecule has 0 radical (unpaired) electrons. The number of piperazine rings is 1. The lowest BCUT2D eigenvalue weighted by molar-refractivity contribution is -0.384. The van der Waals surface area contributed by atoms with Crippen molar-refractivity contribution in [2.45, 2.75) is 13.8 Å². The number of para-hydroxylation sites is 1. The summed E-state index contributed by atoms with van der Waals surface area (Å²) in [4.78, 5) is 27.6. The van der Waals surface area contributed by atoms with Crippen molar-refractivity contribution < 1.29 is 9.72 Å². The van der Waals surface area contributed by atoms with Crippen LogP contribution >= 0.6 is 11.6 Å². The highest BCUT2D eigenvalue weighted by molar-refractivity contribution is 6.32. The maximum Gasteiger partial charge on any atom is 0.288 e. The highest BCUT2D eigenvalue weighted by Gasteiger charge is 2.24. The van der Waals surface area contributed by atoms with Crippen LogP contribution in [0.5, 0.6) is 0 Å². The number of anilines is 1. The molecule has 1 aliphatic heterocycles. The van der Waals surface area contributed by atoms with Gasteiger partial charge in [0, 0.05) is 55.0 Å². The Hall–Kier alpha value is -4.09. The van der Waals surface area contributed by atoms with Crippen molar-refractivity contribution in [2.75, 3.05) is 31.1 Å². The predicted octanol–water partition coefficient (Wildman–Crippen LogP) is 4.91. The number of halogens is 1. The van der Waals surface area contributed by atoms with Crippen LogP contribution in [0, 0.1) is 35.3 Å². The predicted molar refractivity (Wildman–Crippen MR) is 136 cm³/mol. The van der Waals surface area contributed by atoms with Crippen molar-refractivity contribution in [2.24, 2.45) is 0 Å². The van der Waals surface area contributed by atoms with Gasteiger partial charge in [0.05, 0.1) is 4.92 Å². The molecule has 0 saturated carbocycles. The highest BCUT2D eigenvalue weighted by Crippen LogP contribution is 2.30. The molecule has 0 N–H and O–H groups in total. The fraction of sp³-hybridized carbons (Fsp3) is 0.231. The summed E-state index contributed by atoms with van der Waals surface area (Å²) in [6.07, 6.45) is 1.61. The standard InChI is InChI=1S/C26H24ClN5O3/c1-18-14-20(19(2)31(18)23-8-9-25(32(34)35)24(27)16-23)15-21(17-28)26(33)30-12-10-29(11-13-30)22-6-4-3-5-7-22/h3-9,14-16H,10-13H2,1-2H3/b21-15-. The quantitative estimate of drug-likeness (QED) is 0.219. The highest BCUT2D eigenvalue weighted by atomic mass is 35.5. The Morgan fingerprint density at radius 1 is 1.06 bits per heavy atom. The Balaban J connectivity index is 1.55. The number of carbonyl (C=O) groups is 1. The van der Waals surface area contributed by atoms with Crippen LogP contribution in [0.1, 0.15) is 17.0 Å². The van der Waals surface area contributed by atoms with Gasteiger partial charge in [-0.15, -0.1) is 0 Å². The van der Waals surface area contributed by atoms with E-state index in [1.54, 1.807) is 17.0 Å². The van der Waals surface area contributed by atoms with Crippen molar-refractivity contribution in [3.8, 4) is 11.8 Å². The summed E-state index contributed by atoms with van der Waals surface area (Å²) < 4.78 is 1.89. The molecule has 2 heterocycles. The molecule has 3 aromatic rings. The van der Waals surface area contributed by atoms with Gasteiger partial charge < -0.3 is 14.4 Å². The van der Waals surface area contributed by atoms with Crippen LogP contribution in [0.25, 0.3) is 11.8 Å². The summed E-state index contributed by atoms with van der Waals surface area (Å²) in [6, 6.07) is 18.5. The van der Waals surface area contributed by atoms with Gasteiger partial charge in [0.2, 0.25) is 0 Å². The monoisotopic (exact) mass is 489 g/mol. The smallest absolute Gasteiger partial charge is 0.288 e. The number of aromatic nitrogens is 1. The third-order valence-corrected chi connectivity index (χ3v) is 6.50. The number of nitro benzene ring substituents is 1. The first kappa shape index (κ1) is 24.0. The van der Waals surface area contributed by atoms with E-state index in [1.807, 2.05) is 54.8 Å². The van der Waals surface area contributed by atoms with Crippen LogP contribution in [-0.4, -0.2) is 46.5 Å². The van der Waals surface area contributed by atoms with E-state index in [-0.39, 0.29) is 22.2 Å². The minimum Gasteiger partial charge on any atom is -0.368 e. The number of amides is 1. The van der Waals surface area contributed by atoms with Crippen LogP contribution < -0.4 is 4.90 Å². The summed E-state index contributed by atoms with van der Waals surface area (Å²) in [6.45, 7) is 6.22. The lowest BCUT2D eigenvalue weighted by atomic mass is 10.1. The largest absolute Gasteiger partial charge is 0.368 e. The minimum absolute atomic E-state index is 0.0413. The zero-order valence-electron chi connectivity index (χ0n) is 19.4. The first-order valence-electron chi connectivity index (χ1n) is 11.1. The number of hydrogen-bond donors (Lipinski definition) is 0. The molecule has 0 aliphatic carbocycles. The topological polar surface area (TPSA) is 95.4 Å². The van der Waals surface area contributed by atoms with Crippen molar-refractivity contribution in [1.82, 2.24) is 9.47 Å². The molecule has 2 aromatic carbocycles. The van der Waals surface area contributed by atoms with Crippen molar-refractivity contribution in [1.29, 1.82) is 5.26 Å². The van der Waals surface area contributed by atoms with E-state index in [1.165, 1.54) is 12.1 Å². The zero-order chi connectivity index (χ0) is 25.1. The van der Waals surface area contributed by atoms with Gasteiger partial charge in [0.25, 0.3) is 11.6 Å². The van der Waals surface area contributed by atoms with Crippen LogP contribution in [0.2, 0.25) is 5.02 Å². The Morgan fingerprint density at radius 2 is 1.74 bits per heavy atom. The molecule has 4 rings (SSSR count). The number of nitriles is 1. The lowest BCUT2D eigenvalue weighted by Crippen LogP contribution is -2.49. The summed E-state index contributed by atoms with van der Waals surface area (Å²) in [5, 5.41) is 20.9. The van der Waals surface area contributed by atoms with Gasteiger partial charge in [-0.1, -0.05) is 29.8 Å². The summed E-state index contributed by atoms with van der Waals surface area (Å²) in [7, 11) is 0. The van der Waals surface area contributed by atoms with Crippen LogP contribution in [0.15, 0.2) is 60.2 Å². The van der Waals surface area contributed by atoms with Crippen molar-refractivity contribution in [3.63, 3.8) is 0 Å². The van der Waals surface area contributed by atoms with Crippen molar-refractivity contribution in [3.05, 3.63) is 92.3 Å². The summed E-state index contributed by atoms with van der Waals surface area (Å²) in [5.74, 6) is -0.289. The fourth-order valence-corrected chi connectivity index (χ4v) is 4.63. The Kier molecular flexibility index (Phi) is 6.90.